The second kappa shape index (κ2) is 11.0. The van der Waals surface area contributed by atoms with Crippen molar-refractivity contribution in [1.29, 1.82) is 5.26 Å². The Morgan fingerprint density at radius 3 is 2.41 bits per heavy atom. The topological polar surface area (TPSA) is 192 Å². The second-order valence-electron chi connectivity index (χ2n) is 7.10. The highest BCUT2D eigenvalue weighted by molar-refractivity contribution is 7.87. The number of carbonyl (C=O) groups excluding carboxylic acids is 1. The Hall–Kier alpha value is -5.29. The monoisotopic (exact) mass is 524 g/mol. The molecule has 37 heavy (non-hydrogen) atoms. The van der Waals surface area contributed by atoms with E-state index in [1.807, 2.05) is 0 Å². The predicted molar refractivity (Wildman–Crippen MR) is 129 cm³/mol. The molecule has 14 heteroatoms. The van der Waals surface area contributed by atoms with Gasteiger partial charge >= 0.3 is 10.1 Å². The van der Waals surface area contributed by atoms with Gasteiger partial charge in [-0.05, 0) is 35.9 Å². The summed E-state index contributed by atoms with van der Waals surface area (Å²) in [7, 11) is -3.30. The lowest BCUT2D eigenvalue weighted by Crippen LogP contribution is -2.14. The van der Waals surface area contributed by atoms with E-state index in [1.165, 1.54) is 55.6 Å². The van der Waals surface area contributed by atoms with Gasteiger partial charge in [-0.3, -0.25) is 25.0 Å². The minimum absolute atomic E-state index is 0.0458. The standard InChI is InChI=1S/C23H16N4O9S/c1-35-21-10-9-17(26(29)30)13-19(21)25-23(28)16(14-24)11-15-5-4-6-18(12-15)36-37(33,34)22-8-3-2-7-20(22)27(31)32/h2-13H,1H3,(H,25,28)/b16-11+. The van der Waals surface area contributed by atoms with Crippen LogP contribution < -0.4 is 14.2 Å². The lowest BCUT2D eigenvalue weighted by Gasteiger charge is -2.10. The number of rotatable bonds is 9. The molecule has 0 fully saturated rings. The number of amides is 1. The minimum atomic E-state index is -4.59. The summed E-state index contributed by atoms with van der Waals surface area (Å²) in [5.74, 6) is -1.03. The smallest absolute Gasteiger partial charge is 0.346 e. The van der Waals surface area contributed by atoms with E-state index in [9.17, 15) is 38.7 Å². The zero-order chi connectivity index (χ0) is 27.2. The maximum Gasteiger partial charge on any atom is 0.346 e. The van der Waals surface area contributed by atoms with Gasteiger partial charge in [0.2, 0.25) is 0 Å². The van der Waals surface area contributed by atoms with Crippen LogP contribution >= 0.6 is 0 Å². The summed E-state index contributed by atoms with van der Waals surface area (Å²) in [6.45, 7) is 0. The molecule has 0 heterocycles. The highest BCUT2D eigenvalue weighted by Crippen LogP contribution is 2.30. The summed E-state index contributed by atoms with van der Waals surface area (Å²) >= 11 is 0. The van der Waals surface area contributed by atoms with Crippen LogP contribution in [0.2, 0.25) is 0 Å². The molecule has 0 saturated carbocycles. The number of methoxy groups -OCH3 is 1. The maximum atomic E-state index is 12.7. The normalized spacial score (nSPS) is 11.2. The predicted octanol–water partition coefficient (Wildman–Crippen LogP) is 3.82. The Balaban J connectivity index is 1.88. The number of anilines is 1. The molecule has 13 nitrogen and oxygen atoms in total. The fourth-order valence-electron chi connectivity index (χ4n) is 3.06. The van der Waals surface area contributed by atoms with Crippen LogP contribution in [0.5, 0.6) is 11.5 Å². The number of benzene rings is 3. The molecular weight excluding hydrogens is 508 g/mol. The number of nitriles is 1. The van der Waals surface area contributed by atoms with Gasteiger partial charge in [-0.25, -0.2) is 0 Å². The maximum absolute atomic E-state index is 12.7. The van der Waals surface area contributed by atoms with Gasteiger partial charge in [-0.15, -0.1) is 0 Å². The number of carbonyl (C=O) groups is 1. The molecule has 188 valence electrons. The van der Waals surface area contributed by atoms with Gasteiger partial charge in [0.1, 0.15) is 23.1 Å². The third-order valence-electron chi connectivity index (χ3n) is 4.71. The Labute approximate surface area is 209 Å². The second-order valence-corrected chi connectivity index (χ2v) is 8.62. The molecule has 3 rings (SSSR count). The minimum Gasteiger partial charge on any atom is -0.495 e. The molecule has 3 aromatic carbocycles. The lowest BCUT2D eigenvalue weighted by atomic mass is 10.1. The SMILES string of the molecule is COc1ccc([N+](=O)[O-])cc1NC(=O)/C(C#N)=C/c1cccc(OS(=O)(=O)c2ccccc2[N+](=O)[O-])c1. The Morgan fingerprint density at radius 1 is 1.03 bits per heavy atom. The molecule has 1 N–H and O–H groups in total. The molecule has 0 spiro atoms. The van der Waals surface area contributed by atoms with Crippen molar-refractivity contribution in [3.05, 3.63) is 98.1 Å². The van der Waals surface area contributed by atoms with E-state index in [0.717, 1.165) is 24.3 Å². The summed E-state index contributed by atoms with van der Waals surface area (Å²) in [5, 5.41) is 34.1. The Morgan fingerprint density at radius 2 is 1.76 bits per heavy atom. The van der Waals surface area contributed by atoms with Gasteiger partial charge in [-0.2, -0.15) is 13.7 Å². The van der Waals surface area contributed by atoms with Crippen LogP contribution in [0, 0.1) is 31.6 Å². The number of nitro groups is 2. The number of nitro benzene ring substituents is 2. The van der Waals surface area contributed by atoms with Crippen molar-refractivity contribution in [3.8, 4) is 17.6 Å². The number of hydrogen-bond acceptors (Lipinski definition) is 10. The van der Waals surface area contributed by atoms with Gasteiger partial charge < -0.3 is 14.2 Å². The van der Waals surface area contributed by atoms with Crippen molar-refractivity contribution in [1.82, 2.24) is 0 Å². The molecular formula is C23H16N4O9S. The van der Waals surface area contributed by atoms with E-state index in [4.69, 9.17) is 8.92 Å². The molecule has 0 atom stereocenters. The lowest BCUT2D eigenvalue weighted by molar-refractivity contribution is -0.387. The van der Waals surface area contributed by atoms with Crippen LogP contribution in [0.1, 0.15) is 5.56 Å². The Kier molecular flexibility index (Phi) is 7.80. The van der Waals surface area contributed by atoms with E-state index in [-0.39, 0.29) is 28.4 Å². The van der Waals surface area contributed by atoms with Crippen molar-refractivity contribution in [3.63, 3.8) is 0 Å². The first-order valence-corrected chi connectivity index (χ1v) is 11.5. The number of ether oxygens (including phenoxy) is 1. The van der Waals surface area contributed by atoms with Crippen molar-refractivity contribution in [2.45, 2.75) is 4.90 Å². The summed E-state index contributed by atoms with van der Waals surface area (Å²) in [4.78, 5) is 32.7. The van der Waals surface area contributed by atoms with Crippen molar-refractivity contribution >= 4 is 39.2 Å². The molecule has 1 amide bonds. The molecule has 0 radical (unpaired) electrons. The molecule has 0 aromatic heterocycles. The molecule has 0 aliphatic heterocycles. The third kappa shape index (κ3) is 6.24. The average molecular weight is 524 g/mol. The fourth-order valence-corrected chi connectivity index (χ4v) is 4.15. The zero-order valence-corrected chi connectivity index (χ0v) is 19.7. The number of nitrogens with zero attached hydrogens (tertiary/aromatic N) is 3. The van der Waals surface area contributed by atoms with Crippen LogP contribution in [0.4, 0.5) is 17.1 Å². The number of nitrogens with one attached hydrogen (secondary N) is 1. The molecule has 0 bridgehead atoms. The van der Waals surface area contributed by atoms with Crippen LogP contribution in [0.25, 0.3) is 6.08 Å². The third-order valence-corrected chi connectivity index (χ3v) is 6.01. The first-order chi connectivity index (χ1) is 17.6. The number of hydrogen-bond donors (Lipinski definition) is 1. The van der Waals surface area contributed by atoms with E-state index >= 15 is 0 Å². The zero-order valence-electron chi connectivity index (χ0n) is 18.9. The van der Waals surface area contributed by atoms with Gasteiger partial charge in [0, 0.05) is 18.2 Å². The van der Waals surface area contributed by atoms with Gasteiger partial charge in [0.25, 0.3) is 17.3 Å². The molecule has 0 aliphatic rings. The number of para-hydroxylation sites is 1. The van der Waals surface area contributed by atoms with E-state index in [0.29, 0.717) is 0 Å². The summed E-state index contributed by atoms with van der Waals surface area (Å²) in [6.07, 6.45) is 1.13. The summed E-state index contributed by atoms with van der Waals surface area (Å²) in [5.41, 5.74) is -1.27. The highest BCUT2D eigenvalue weighted by atomic mass is 32.2. The van der Waals surface area contributed by atoms with Gasteiger partial charge in [0.15, 0.2) is 4.90 Å². The van der Waals surface area contributed by atoms with Crippen LogP contribution in [0.15, 0.2) is 77.2 Å². The first-order valence-electron chi connectivity index (χ1n) is 10.1. The van der Waals surface area contributed by atoms with Gasteiger partial charge in [-0.1, -0.05) is 24.3 Å². The van der Waals surface area contributed by atoms with Crippen LogP contribution in [-0.4, -0.2) is 31.3 Å². The quantitative estimate of drug-likeness (QED) is 0.141. The van der Waals surface area contributed by atoms with Crippen LogP contribution in [-0.2, 0) is 14.9 Å². The first kappa shape index (κ1) is 26.3. The molecule has 0 saturated heterocycles. The number of non-ortho nitro benzene ring substituents is 1. The van der Waals surface area contributed by atoms with E-state index < -0.39 is 42.0 Å². The highest BCUT2D eigenvalue weighted by Gasteiger charge is 2.27. The summed E-state index contributed by atoms with van der Waals surface area (Å²) < 4.78 is 35.4. The van der Waals surface area contributed by atoms with Crippen molar-refractivity contribution < 1.29 is 32.0 Å². The van der Waals surface area contributed by atoms with Crippen molar-refractivity contribution in [2.24, 2.45) is 0 Å². The fraction of sp³-hybridized carbons (Fsp3) is 0.0435. The van der Waals surface area contributed by atoms with Crippen molar-refractivity contribution in [2.75, 3.05) is 12.4 Å². The largest absolute Gasteiger partial charge is 0.495 e. The van der Waals surface area contributed by atoms with E-state index in [2.05, 4.69) is 5.32 Å². The molecule has 0 aliphatic carbocycles. The van der Waals surface area contributed by atoms with E-state index in [1.54, 1.807) is 6.07 Å². The summed E-state index contributed by atoms with van der Waals surface area (Å²) in [6, 6.07) is 15.2. The molecule has 0 unspecified atom stereocenters. The van der Waals surface area contributed by atoms with Crippen LogP contribution in [0.3, 0.4) is 0 Å². The Bertz CT molecular complexity index is 1580. The average Bonchev–Trinajstić information content (AvgIpc) is 2.87. The van der Waals surface area contributed by atoms with Gasteiger partial charge in [0.05, 0.1) is 22.6 Å². The molecule has 3 aromatic rings.